The van der Waals surface area contributed by atoms with Crippen molar-refractivity contribution in [2.45, 2.75) is 19.4 Å². The predicted octanol–water partition coefficient (Wildman–Crippen LogP) is 2.63. The molecular weight excluding hydrogens is 314 g/mol. The maximum atomic E-state index is 12.3. The second-order valence-corrected chi connectivity index (χ2v) is 5.34. The third-order valence-electron chi connectivity index (χ3n) is 3.75. The summed E-state index contributed by atoms with van der Waals surface area (Å²) in [6, 6.07) is 6.47. The number of amides is 1. The monoisotopic (exact) mass is 331 g/mol. The molecule has 0 fully saturated rings. The Labute approximate surface area is 138 Å². The van der Waals surface area contributed by atoms with Gasteiger partial charge in [-0.3, -0.25) is 4.79 Å². The van der Waals surface area contributed by atoms with Crippen molar-refractivity contribution in [1.29, 1.82) is 0 Å². The van der Waals surface area contributed by atoms with Crippen molar-refractivity contribution in [3.05, 3.63) is 47.4 Å². The first kappa shape index (κ1) is 15.9. The van der Waals surface area contributed by atoms with Gasteiger partial charge in [-0.1, -0.05) is 13.0 Å². The molecule has 2 heterocycles. The van der Waals surface area contributed by atoms with Gasteiger partial charge in [0, 0.05) is 6.07 Å². The summed E-state index contributed by atoms with van der Waals surface area (Å²) in [5.41, 5.74) is 0.813. The fourth-order valence-corrected chi connectivity index (χ4v) is 2.49. The number of furan rings is 1. The van der Waals surface area contributed by atoms with E-state index in [-0.39, 0.29) is 17.4 Å². The minimum atomic E-state index is -1.14. The van der Waals surface area contributed by atoms with E-state index in [2.05, 4.69) is 5.32 Å². The fourth-order valence-electron chi connectivity index (χ4n) is 2.49. The van der Waals surface area contributed by atoms with E-state index in [1.165, 1.54) is 6.07 Å². The van der Waals surface area contributed by atoms with Crippen molar-refractivity contribution >= 4 is 11.9 Å². The first-order valence-electron chi connectivity index (χ1n) is 7.60. The number of fused-ring (bicyclic) bond motifs is 1. The quantitative estimate of drug-likeness (QED) is 0.874. The smallest absolute Gasteiger partial charge is 0.338 e. The summed E-state index contributed by atoms with van der Waals surface area (Å²) in [6.07, 6.45) is 1.69. The van der Waals surface area contributed by atoms with Crippen molar-refractivity contribution in [3.63, 3.8) is 0 Å². The van der Waals surface area contributed by atoms with Gasteiger partial charge >= 0.3 is 5.97 Å². The summed E-state index contributed by atoms with van der Waals surface area (Å²) in [7, 11) is 0. The number of carboxylic acids is 1. The molecule has 7 heteroatoms. The summed E-state index contributed by atoms with van der Waals surface area (Å²) in [5.74, 6) is -0.315. The van der Waals surface area contributed by atoms with Crippen LogP contribution in [0.3, 0.4) is 0 Å². The summed E-state index contributed by atoms with van der Waals surface area (Å²) < 4.78 is 16.1. The molecule has 0 radical (unpaired) electrons. The molecule has 24 heavy (non-hydrogen) atoms. The summed E-state index contributed by atoms with van der Waals surface area (Å²) in [6.45, 7) is 2.95. The Kier molecular flexibility index (Phi) is 4.41. The second kappa shape index (κ2) is 6.66. The van der Waals surface area contributed by atoms with Gasteiger partial charge in [-0.05, 0) is 24.1 Å². The van der Waals surface area contributed by atoms with E-state index in [0.29, 0.717) is 31.1 Å². The predicted molar refractivity (Wildman–Crippen MR) is 83.6 cm³/mol. The number of nitrogens with one attached hydrogen (secondary N) is 1. The number of hydrogen-bond donors (Lipinski definition) is 2. The molecule has 0 saturated carbocycles. The van der Waals surface area contributed by atoms with Gasteiger partial charge in [0.2, 0.25) is 0 Å². The number of carbonyl (C=O) groups is 2. The van der Waals surface area contributed by atoms with E-state index >= 15 is 0 Å². The Balaban J connectivity index is 1.76. The molecule has 0 aliphatic carbocycles. The molecule has 126 valence electrons. The molecule has 1 amide bonds. The Hall–Kier alpha value is -2.96. The zero-order valence-corrected chi connectivity index (χ0v) is 13.1. The lowest BCUT2D eigenvalue weighted by molar-refractivity contribution is 0.0695. The Bertz CT molecular complexity index is 766. The van der Waals surface area contributed by atoms with E-state index in [9.17, 15) is 9.59 Å². The van der Waals surface area contributed by atoms with Crippen molar-refractivity contribution in [2.24, 2.45) is 0 Å². The van der Waals surface area contributed by atoms with Crippen LogP contribution in [0.1, 0.15) is 45.9 Å². The number of aromatic carboxylic acids is 1. The number of benzene rings is 1. The topological polar surface area (TPSA) is 98.0 Å². The molecule has 0 bridgehead atoms. The molecule has 1 unspecified atom stereocenters. The zero-order valence-electron chi connectivity index (χ0n) is 13.1. The highest BCUT2D eigenvalue weighted by Crippen LogP contribution is 2.33. The largest absolute Gasteiger partial charge is 0.486 e. The van der Waals surface area contributed by atoms with Crippen LogP contribution >= 0.6 is 0 Å². The van der Waals surface area contributed by atoms with Gasteiger partial charge in [-0.2, -0.15) is 0 Å². The van der Waals surface area contributed by atoms with Crippen molar-refractivity contribution in [1.82, 2.24) is 5.32 Å². The lowest BCUT2D eigenvalue weighted by Crippen LogP contribution is -2.28. The van der Waals surface area contributed by atoms with Gasteiger partial charge in [0.25, 0.3) is 5.91 Å². The van der Waals surface area contributed by atoms with Crippen LogP contribution in [0.2, 0.25) is 0 Å². The van der Waals surface area contributed by atoms with Crippen molar-refractivity contribution in [2.75, 3.05) is 13.2 Å². The molecular formula is C17H17NO6. The molecule has 0 spiro atoms. The van der Waals surface area contributed by atoms with Crippen LogP contribution in [0, 0.1) is 0 Å². The average molecular weight is 331 g/mol. The molecule has 3 rings (SSSR count). The fraction of sp³-hybridized carbons (Fsp3) is 0.294. The molecule has 1 aliphatic rings. The van der Waals surface area contributed by atoms with Gasteiger partial charge < -0.3 is 24.3 Å². The number of carbonyl (C=O) groups excluding carboxylic acids is 1. The number of hydrogen-bond acceptors (Lipinski definition) is 5. The molecule has 7 nitrogen and oxygen atoms in total. The van der Waals surface area contributed by atoms with Gasteiger partial charge in [0.05, 0.1) is 11.6 Å². The molecule has 1 aromatic heterocycles. The highest BCUT2D eigenvalue weighted by Gasteiger charge is 2.20. The highest BCUT2D eigenvalue weighted by atomic mass is 16.6. The van der Waals surface area contributed by atoms with Gasteiger partial charge in [-0.25, -0.2) is 4.79 Å². The van der Waals surface area contributed by atoms with Crippen LogP contribution < -0.4 is 14.8 Å². The van der Waals surface area contributed by atoms with Gasteiger partial charge in [0.15, 0.2) is 17.3 Å². The lowest BCUT2D eigenvalue weighted by atomic mass is 10.0. The first-order chi connectivity index (χ1) is 11.6. The third-order valence-corrected chi connectivity index (χ3v) is 3.75. The molecule has 2 N–H and O–H groups in total. The molecule has 1 aromatic carbocycles. The molecule has 0 saturated heterocycles. The van der Waals surface area contributed by atoms with E-state index < -0.39 is 11.9 Å². The second-order valence-electron chi connectivity index (χ2n) is 5.34. The normalized spacial score (nSPS) is 14.0. The first-order valence-corrected chi connectivity index (χ1v) is 7.60. The number of ether oxygens (including phenoxy) is 2. The molecule has 1 aliphatic heterocycles. The third kappa shape index (κ3) is 3.19. The van der Waals surface area contributed by atoms with Crippen LogP contribution in [0.15, 0.2) is 34.9 Å². The van der Waals surface area contributed by atoms with Crippen LogP contribution in [-0.4, -0.2) is 30.2 Å². The van der Waals surface area contributed by atoms with Gasteiger partial charge in [-0.15, -0.1) is 0 Å². The van der Waals surface area contributed by atoms with E-state index in [1.807, 2.05) is 25.1 Å². The van der Waals surface area contributed by atoms with Crippen LogP contribution in [0.5, 0.6) is 11.5 Å². The zero-order chi connectivity index (χ0) is 17.1. The SMILES string of the molecule is CCC(NC(=O)c1cc(C(=O)O)co1)c1ccc2c(c1)OCCO2. The minimum Gasteiger partial charge on any atom is -0.486 e. The Morgan fingerprint density at radius 3 is 2.62 bits per heavy atom. The van der Waals surface area contributed by atoms with E-state index in [1.54, 1.807) is 0 Å². The van der Waals surface area contributed by atoms with Crippen LogP contribution in [0.4, 0.5) is 0 Å². The summed E-state index contributed by atoms with van der Waals surface area (Å²) >= 11 is 0. The van der Waals surface area contributed by atoms with Crippen molar-refractivity contribution in [3.8, 4) is 11.5 Å². The lowest BCUT2D eigenvalue weighted by Gasteiger charge is -2.22. The average Bonchev–Trinajstić information content (AvgIpc) is 3.09. The van der Waals surface area contributed by atoms with Gasteiger partial charge in [0.1, 0.15) is 19.5 Å². The van der Waals surface area contributed by atoms with E-state index in [0.717, 1.165) is 11.8 Å². The maximum absolute atomic E-state index is 12.3. The van der Waals surface area contributed by atoms with Crippen molar-refractivity contribution < 1.29 is 28.6 Å². The van der Waals surface area contributed by atoms with Crippen LogP contribution in [0.25, 0.3) is 0 Å². The standard InChI is InChI=1S/C17H17NO6/c1-2-12(10-3-4-13-14(7-10)23-6-5-22-13)18-16(19)15-8-11(9-24-15)17(20)21/h3-4,7-9,12H,2,5-6H2,1H3,(H,18,19)(H,20,21). The Morgan fingerprint density at radius 1 is 1.21 bits per heavy atom. The minimum absolute atomic E-state index is 0.0385. The van der Waals surface area contributed by atoms with Crippen LogP contribution in [-0.2, 0) is 0 Å². The molecule has 2 aromatic rings. The number of carboxylic acid groups (broad SMARTS) is 1. The summed E-state index contributed by atoms with van der Waals surface area (Å²) in [5, 5.41) is 11.7. The highest BCUT2D eigenvalue weighted by molar-refractivity contribution is 5.95. The molecule has 1 atom stereocenters. The number of rotatable bonds is 5. The maximum Gasteiger partial charge on any atom is 0.338 e. The van der Waals surface area contributed by atoms with E-state index in [4.69, 9.17) is 19.0 Å². The Morgan fingerprint density at radius 2 is 1.96 bits per heavy atom. The summed E-state index contributed by atoms with van der Waals surface area (Å²) in [4.78, 5) is 23.1.